The van der Waals surface area contributed by atoms with Gasteiger partial charge in [-0.2, -0.15) is 0 Å². The summed E-state index contributed by atoms with van der Waals surface area (Å²) in [5.74, 6) is -0.389. The first-order chi connectivity index (χ1) is 15.8. The van der Waals surface area contributed by atoms with Crippen LogP contribution in [0.5, 0.6) is 0 Å². The largest absolute Gasteiger partial charge is 0.478 e. The number of nitrogens with zero attached hydrogens (tertiary/aromatic N) is 1. The number of amides is 2. The molecular formula is C28H37ClN2O3. The van der Waals surface area contributed by atoms with E-state index < -0.39 is 17.0 Å². The molecule has 0 aromatic heterocycles. The predicted octanol–water partition coefficient (Wildman–Crippen LogP) is 6.81. The second-order valence-corrected chi connectivity index (χ2v) is 12.3. The number of hydrogen-bond donors (Lipinski definition) is 2. The molecule has 2 aliphatic carbocycles. The van der Waals surface area contributed by atoms with Crippen LogP contribution in [0.4, 0.5) is 4.79 Å². The lowest BCUT2D eigenvalue weighted by molar-refractivity contribution is -0.133. The number of nitrogens with one attached hydrogen (secondary N) is 1. The molecule has 184 valence electrons. The maximum atomic E-state index is 13.5. The van der Waals surface area contributed by atoms with Crippen molar-refractivity contribution in [3.63, 3.8) is 0 Å². The van der Waals surface area contributed by atoms with E-state index in [2.05, 4.69) is 45.1 Å². The molecule has 0 radical (unpaired) electrons. The Morgan fingerprint density at radius 3 is 2.62 bits per heavy atom. The predicted molar refractivity (Wildman–Crippen MR) is 136 cm³/mol. The number of carbonyl (C=O) groups is 2. The van der Waals surface area contributed by atoms with Crippen molar-refractivity contribution in [2.75, 3.05) is 0 Å². The van der Waals surface area contributed by atoms with Gasteiger partial charge in [0.1, 0.15) is 0 Å². The number of urea groups is 1. The van der Waals surface area contributed by atoms with Gasteiger partial charge in [-0.3, -0.25) is 4.90 Å². The van der Waals surface area contributed by atoms with Gasteiger partial charge in [-0.25, -0.2) is 9.59 Å². The van der Waals surface area contributed by atoms with E-state index >= 15 is 0 Å². The van der Waals surface area contributed by atoms with Crippen molar-refractivity contribution in [2.24, 2.45) is 11.3 Å². The van der Waals surface area contributed by atoms with Crippen LogP contribution in [0.2, 0.25) is 5.02 Å². The summed E-state index contributed by atoms with van der Waals surface area (Å²) in [5.41, 5.74) is 3.53. The second-order valence-electron chi connectivity index (χ2n) is 11.9. The van der Waals surface area contributed by atoms with Gasteiger partial charge in [0.15, 0.2) is 0 Å². The van der Waals surface area contributed by atoms with Gasteiger partial charge in [-0.1, -0.05) is 51.4 Å². The highest BCUT2D eigenvalue weighted by Gasteiger charge is 2.52. The van der Waals surface area contributed by atoms with Crippen LogP contribution in [0.3, 0.4) is 0 Å². The number of aryl methyl sites for hydroxylation is 1. The smallest absolute Gasteiger partial charge is 0.331 e. The molecule has 1 aromatic carbocycles. The Morgan fingerprint density at radius 2 is 2.03 bits per heavy atom. The Bertz CT molecular complexity index is 1100. The van der Waals surface area contributed by atoms with E-state index in [9.17, 15) is 14.7 Å². The monoisotopic (exact) mass is 484 g/mol. The van der Waals surface area contributed by atoms with Crippen LogP contribution in [0, 0.1) is 11.3 Å². The molecule has 0 saturated heterocycles. The summed E-state index contributed by atoms with van der Waals surface area (Å²) in [5, 5.41) is 13.5. The summed E-state index contributed by atoms with van der Waals surface area (Å²) in [4.78, 5) is 26.7. The lowest BCUT2D eigenvalue weighted by Crippen LogP contribution is -2.64. The van der Waals surface area contributed by atoms with E-state index in [4.69, 9.17) is 11.6 Å². The molecule has 3 aliphatic rings. The normalized spacial score (nSPS) is 29.3. The number of fused-ring (bicyclic) bond motifs is 1. The van der Waals surface area contributed by atoms with Gasteiger partial charge < -0.3 is 10.4 Å². The molecule has 1 fully saturated rings. The number of carboxylic acids is 1. The topological polar surface area (TPSA) is 69.6 Å². The van der Waals surface area contributed by atoms with Gasteiger partial charge in [0.25, 0.3) is 0 Å². The van der Waals surface area contributed by atoms with Gasteiger partial charge in [0, 0.05) is 23.2 Å². The third-order valence-electron chi connectivity index (χ3n) is 8.21. The molecule has 34 heavy (non-hydrogen) atoms. The molecule has 6 heteroatoms. The van der Waals surface area contributed by atoms with Crippen LogP contribution >= 0.6 is 11.6 Å². The first kappa shape index (κ1) is 24.8. The first-order valence-electron chi connectivity index (χ1n) is 12.3. The fraction of sp³-hybridized carbons (Fsp3) is 0.571. The van der Waals surface area contributed by atoms with Crippen LogP contribution in [0.1, 0.15) is 84.8 Å². The number of hydrogen-bond acceptors (Lipinski definition) is 2. The van der Waals surface area contributed by atoms with Gasteiger partial charge in [0.2, 0.25) is 0 Å². The number of aliphatic carboxylic acids is 1. The Morgan fingerprint density at radius 1 is 1.32 bits per heavy atom. The molecule has 4 rings (SSSR count). The van der Waals surface area contributed by atoms with Gasteiger partial charge >= 0.3 is 12.0 Å². The van der Waals surface area contributed by atoms with Crippen molar-refractivity contribution in [1.82, 2.24) is 10.2 Å². The lowest BCUT2D eigenvalue weighted by Gasteiger charge is -2.53. The fourth-order valence-corrected chi connectivity index (χ4v) is 5.94. The van der Waals surface area contributed by atoms with Crippen molar-refractivity contribution in [2.45, 2.75) is 91.1 Å². The Balaban J connectivity index is 1.71. The number of carbonyl (C=O) groups excluding carboxylic acids is 1. The van der Waals surface area contributed by atoms with Gasteiger partial charge in [-0.15, -0.1) is 0 Å². The molecule has 3 atom stereocenters. The average molecular weight is 485 g/mol. The highest BCUT2D eigenvalue weighted by Crippen LogP contribution is 2.50. The minimum absolute atomic E-state index is 0.183. The quantitative estimate of drug-likeness (QED) is 0.482. The number of rotatable bonds is 5. The van der Waals surface area contributed by atoms with Gasteiger partial charge in [-0.05, 0) is 85.6 Å². The highest BCUT2D eigenvalue weighted by atomic mass is 35.5. The van der Waals surface area contributed by atoms with Crippen LogP contribution in [0.25, 0.3) is 0 Å². The molecule has 1 aliphatic heterocycles. The molecule has 0 spiro atoms. The molecule has 5 nitrogen and oxygen atoms in total. The SMILES string of the molecule is CC1=C(C(=O)O)CC1(C)N1C=C2CC(C)CC[C@@]2(c2ccc(CCC(C)(C)C)c(Cl)c2)NC1=O. The summed E-state index contributed by atoms with van der Waals surface area (Å²) in [6.45, 7) is 12.7. The van der Waals surface area contributed by atoms with Crippen LogP contribution in [-0.2, 0) is 16.8 Å². The average Bonchev–Trinajstić information content (AvgIpc) is 2.75. The van der Waals surface area contributed by atoms with Crippen molar-refractivity contribution in [1.29, 1.82) is 0 Å². The molecule has 2 N–H and O–H groups in total. The third-order valence-corrected chi connectivity index (χ3v) is 8.57. The summed E-state index contributed by atoms with van der Waals surface area (Å²) < 4.78 is 0. The molecule has 1 aromatic rings. The Kier molecular flexibility index (Phi) is 6.17. The zero-order chi connectivity index (χ0) is 25.1. The van der Waals surface area contributed by atoms with Crippen LogP contribution < -0.4 is 5.32 Å². The molecular weight excluding hydrogens is 448 g/mol. The van der Waals surface area contributed by atoms with Crippen molar-refractivity contribution >= 4 is 23.6 Å². The van der Waals surface area contributed by atoms with E-state index in [1.54, 1.807) is 4.90 Å². The van der Waals surface area contributed by atoms with E-state index in [1.807, 2.05) is 26.1 Å². The summed E-state index contributed by atoms with van der Waals surface area (Å²) in [6, 6.07) is 6.10. The van der Waals surface area contributed by atoms with Crippen molar-refractivity contribution < 1.29 is 14.7 Å². The number of benzene rings is 1. The Hall–Kier alpha value is -2.27. The second kappa shape index (κ2) is 8.44. The van der Waals surface area contributed by atoms with Crippen LogP contribution in [-0.4, -0.2) is 27.5 Å². The molecule has 0 bridgehead atoms. The summed E-state index contributed by atoms with van der Waals surface area (Å²) >= 11 is 6.76. The molecule has 2 amide bonds. The van der Waals surface area contributed by atoms with E-state index in [-0.39, 0.29) is 11.4 Å². The summed E-state index contributed by atoms with van der Waals surface area (Å²) in [7, 11) is 0. The van der Waals surface area contributed by atoms with Crippen molar-refractivity contribution in [3.05, 3.63) is 57.3 Å². The standard InChI is InChI=1S/C28H37ClN2O3/c1-17-9-12-28(20-8-7-19(23(29)14-20)10-11-26(3,4)5)21(13-17)16-31(25(34)30-28)27(6)15-22(18(27)2)24(32)33/h7-8,14,16-17H,9-13,15H2,1-6H3,(H,30,34)(H,32,33)/t17?,27?,28-/m0/s1. The van der Waals surface area contributed by atoms with Crippen molar-refractivity contribution in [3.8, 4) is 0 Å². The highest BCUT2D eigenvalue weighted by molar-refractivity contribution is 6.31. The fourth-order valence-electron chi connectivity index (χ4n) is 5.66. The Labute approximate surface area is 208 Å². The maximum Gasteiger partial charge on any atom is 0.331 e. The minimum Gasteiger partial charge on any atom is -0.478 e. The zero-order valence-corrected chi connectivity index (χ0v) is 22.0. The molecule has 1 heterocycles. The maximum absolute atomic E-state index is 13.5. The lowest BCUT2D eigenvalue weighted by atomic mass is 9.67. The van der Waals surface area contributed by atoms with Gasteiger partial charge in [0.05, 0.1) is 11.1 Å². The number of carboxylic acid groups (broad SMARTS) is 1. The summed E-state index contributed by atoms with van der Waals surface area (Å²) in [6.07, 6.45) is 7.04. The van der Waals surface area contributed by atoms with E-state index in [1.165, 1.54) is 5.57 Å². The zero-order valence-electron chi connectivity index (χ0n) is 21.2. The van der Waals surface area contributed by atoms with E-state index in [0.29, 0.717) is 17.9 Å². The minimum atomic E-state index is -0.901. The number of halogens is 1. The van der Waals surface area contributed by atoms with Crippen LogP contribution in [0.15, 0.2) is 41.1 Å². The molecule has 2 unspecified atom stereocenters. The van der Waals surface area contributed by atoms with E-state index in [0.717, 1.165) is 53.8 Å². The first-order valence-corrected chi connectivity index (χ1v) is 12.7. The third kappa shape index (κ3) is 4.17. The molecule has 1 saturated carbocycles.